The molecule has 0 aliphatic rings. The van der Waals surface area contributed by atoms with Gasteiger partial charge in [-0.1, -0.05) is 34.1 Å². The minimum Gasteiger partial charge on any atom is -0.481 e. The molecular formula is C18H38N2O6Si. The van der Waals surface area contributed by atoms with Gasteiger partial charge in [-0.05, 0) is 26.2 Å². The summed E-state index contributed by atoms with van der Waals surface area (Å²) in [5, 5.41) is 15.4. The van der Waals surface area contributed by atoms with Crippen LogP contribution in [-0.2, 0) is 22.9 Å². The van der Waals surface area contributed by atoms with Crippen molar-refractivity contribution < 1.29 is 28.0 Å². The third-order valence-corrected chi connectivity index (χ3v) is 7.62. The minimum atomic E-state index is -2.83. The summed E-state index contributed by atoms with van der Waals surface area (Å²) in [5.74, 6) is -2.65. The smallest absolute Gasteiger partial charge is 0.481 e. The van der Waals surface area contributed by atoms with Crippen LogP contribution in [0, 0.1) is 17.3 Å². The van der Waals surface area contributed by atoms with Gasteiger partial charge >= 0.3 is 14.8 Å². The Labute approximate surface area is 164 Å². The molecule has 0 bridgehead atoms. The second-order valence-electron chi connectivity index (χ2n) is 7.07. The number of hydrogen-bond donors (Lipinski definition) is 3. The monoisotopic (exact) mass is 406 g/mol. The molecule has 0 aliphatic heterocycles. The van der Waals surface area contributed by atoms with Gasteiger partial charge < -0.3 is 23.7 Å². The number of carboxylic acids is 1. The van der Waals surface area contributed by atoms with Crippen LogP contribution in [-0.4, -0.2) is 58.4 Å². The van der Waals surface area contributed by atoms with Gasteiger partial charge in [0.25, 0.3) is 0 Å². The predicted octanol–water partition coefficient (Wildman–Crippen LogP) is 2.01. The fraction of sp³-hybridized carbons (Fsp3) is 0.889. The largest absolute Gasteiger partial charge is 0.515 e. The molecular weight excluding hydrogens is 368 g/mol. The highest BCUT2D eigenvalue weighted by Crippen LogP contribution is 2.36. The lowest BCUT2D eigenvalue weighted by Crippen LogP contribution is -2.56. The molecule has 9 heteroatoms. The van der Waals surface area contributed by atoms with Crippen molar-refractivity contribution in [2.24, 2.45) is 17.3 Å². The Morgan fingerprint density at radius 2 is 1.52 bits per heavy atom. The maximum atomic E-state index is 12.5. The van der Waals surface area contributed by atoms with Gasteiger partial charge in [0.05, 0.1) is 18.8 Å². The van der Waals surface area contributed by atoms with Crippen LogP contribution < -0.4 is 10.6 Å². The van der Waals surface area contributed by atoms with Crippen LogP contribution >= 0.6 is 0 Å². The predicted molar refractivity (Wildman–Crippen MR) is 106 cm³/mol. The maximum Gasteiger partial charge on any atom is 0.515 e. The number of aliphatic carboxylic acids is 1. The van der Waals surface area contributed by atoms with E-state index in [4.69, 9.17) is 13.3 Å². The molecule has 0 saturated heterocycles. The lowest BCUT2D eigenvalue weighted by Gasteiger charge is -2.34. The van der Waals surface area contributed by atoms with Crippen molar-refractivity contribution in [1.82, 2.24) is 10.6 Å². The van der Waals surface area contributed by atoms with Gasteiger partial charge in [0, 0.05) is 25.7 Å². The number of rotatable bonds is 15. The summed E-state index contributed by atoms with van der Waals surface area (Å²) in [7, 11) is -2.83. The van der Waals surface area contributed by atoms with Crippen molar-refractivity contribution >= 4 is 20.7 Å². The van der Waals surface area contributed by atoms with E-state index in [1.54, 1.807) is 6.92 Å². The zero-order chi connectivity index (χ0) is 21.1. The molecule has 0 saturated carbocycles. The van der Waals surface area contributed by atoms with E-state index in [-0.39, 0.29) is 12.6 Å². The van der Waals surface area contributed by atoms with Crippen LogP contribution in [0.2, 0.25) is 0 Å². The summed E-state index contributed by atoms with van der Waals surface area (Å²) in [6.07, 6.45) is 1.03. The van der Waals surface area contributed by atoms with Crippen LogP contribution in [0.1, 0.15) is 54.9 Å². The van der Waals surface area contributed by atoms with Crippen molar-refractivity contribution in [3.63, 3.8) is 0 Å². The lowest BCUT2D eigenvalue weighted by atomic mass is 9.70. The molecule has 0 aromatic carbocycles. The molecule has 0 spiro atoms. The van der Waals surface area contributed by atoms with Gasteiger partial charge in [0.2, 0.25) is 5.91 Å². The molecule has 2 atom stereocenters. The second kappa shape index (κ2) is 12.5. The quantitative estimate of drug-likeness (QED) is 0.217. The number of nitrogens with one attached hydrogen (secondary N) is 2. The molecule has 2 unspecified atom stereocenters. The number of amides is 1. The zero-order valence-electron chi connectivity index (χ0n) is 17.9. The summed E-state index contributed by atoms with van der Waals surface area (Å²) in [4.78, 5) is 24.1. The Balaban J connectivity index is 4.77. The van der Waals surface area contributed by atoms with Crippen molar-refractivity contribution in [2.45, 2.75) is 54.9 Å². The van der Waals surface area contributed by atoms with E-state index >= 15 is 0 Å². The molecule has 0 radical (unpaired) electrons. The average molecular weight is 407 g/mol. The summed E-state index contributed by atoms with van der Waals surface area (Å²) in [6, 6.07) is 0. The fourth-order valence-corrected chi connectivity index (χ4v) is 5.37. The number of hydrogen-bond acceptors (Lipinski definition) is 6. The van der Waals surface area contributed by atoms with Gasteiger partial charge in [-0.15, -0.1) is 0 Å². The third kappa shape index (κ3) is 8.26. The van der Waals surface area contributed by atoms with Crippen LogP contribution in [0.3, 0.4) is 0 Å². The molecule has 160 valence electrons. The summed E-state index contributed by atoms with van der Waals surface area (Å²) in [5.41, 5.74) is -0.475. The second-order valence-corrected chi connectivity index (χ2v) is 9.66. The van der Waals surface area contributed by atoms with Gasteiger partial charge in [-0.3, -0.25) is 14.9 Å². The molecule has 1 amide bonds. The minimum absolute atomic E-state index is 0.185. The maximum absolute atomic E-state index is 12.5. The molecule has 0 rings (SSSR count). The summed E-state index contributed by atoms with van der Waals surface area (Å²) < 4.78 is 17.2. The van der Waals surface area contributed by atoms with E-state index in [0.717, 1.165) is 0 Å². The molecule has 8 nitrogen and oxygen atoms in total. The van der Waals surface area contributed by atoms with Crippen molar-refractivity contribution in [2.75, 3.05) is 32.7 Å². The van der Waals surface area contributed by atoms with E-state index in [1.807, 2.05) is 41.5 Å². The third-order valence-electron chi connectivity index (χ3n) is 4.75. The zero-order valence-corrected chi connectivity index (χ0v) is 18.9. The lowest BCUT2D eigenvalue weighted by molar-refractivity contribution is -0.152. The fourth-order valence-electron chi connectivity index (χ4n) is 3.06. The Morgan fingerprint density at radius 1 is 1.04 bits per heavy atom. The van der Waals surface area contributed by atoms with Crippen LogP contribution in [0.25, 0.3) is 0 Å². The average Bonchev–Trinajstić information content (AvgIpc) is 2.58. The molecule has 0 aliphatic carbocycles. The molecule has 0 aromatic rings. The van der Waals surface area contributed by atoms with Gasteiger partial charge in [0.15, 0.2) is 0 Å². The normalized spacial score (nSPS) is 14.6. The van der Waals surface area contributed by atoms with Gasteiger partial charge in [0.1, 0.15) is 0 Å². The van der Waals surface area contributed by atoms with Crippen molar-refractivity contribution in [3.8, 4) is 0 Å². The van der Waals surface area contributed by atoms with Crippen LogP contribution in [0.15, 0.2) is 0 Å². The molecule has 0 heterocycles. The first-order valence-electron chi connectivity index (χ1n) is 9.73. The number of carbonyl (C=O) groups excluding carboxylic acids is 1. The summed E-state index contributed by atoms with van der Waals surface area (Å²) >= 11 is 0. The van der Waals surface area contributed by atoms with E-state index in [2.05, 4.69) is 10.6 Å². The van der Waals surface area contributed by atoms with Crippen LogP contribution in [0.4, 0.5) is 0 Å². The Kier molecular flexibility index (Phi) is 12.0. The SMILES string of the molecule is CCO[Si](CNCNC(=O)C(C)C(C(=O)O)C(C)(C)CC)(OCC)OCC. The van der Waals surface area contributed by atoms with E-state index in [0.29, 0.717) is 32.4 Å². The van der Waals surface area contributed by atoms with E-state index in [9.17, 15) is 14.7 Å². The highest BCUT2D eigenvalue weighted by molar-refractivity contribution is 6.60. The first-order chi connectivity index (χ1) is 12.6. The first-order valence-corrected chi connectivity index (χ1v) is 11.7. The Hall–Kier alpha value is -1.00. The Bertz CT molecular complexity index is 444. The highest BCUT2D eigenvalue weighted by Gasteiger charge is 2.42. The van der Waals surface area contributed by atoms with Crippen molar-refractivity contribution in [3.05, 3.63) is 0 Å². The molecule has 0 aromatic heterocycles. The molecule has 27 heavy (non-hydrogen) atoms. The molecule has 0 fully saturated rings. The van der Waals surface area contributed by atoms with Gasteiger partial charge in [-0.25, -0.2) is 0 Å². The number of carboxylic acid groups (broad SMARTS) is 1. The molecule has 3 N–H and O–H groups in total. The highest BCUT2D eigenvalue weighted by atomic mass is 28.4. The topological polar surface area (TPSA) is 106 Å². The van der Waals surface area contributed by atoms with Crippen molar-refractivity contribution in [1.29, 1.82) is 0 Å². The van der Waals surface area contributed by atoms with E-state index in [1.165, 1.54) is 0 Å². The first kappa shape index (κ1) is 26.0. The van der Waals surface area contributed by atoms with Crippen LogP contribution in [0.5, 0.6) is 0 Å². The van der Waals surface area contributed by atoms with Gasteiger partial charge in [-0.2, -0.15) is 0 Å². The number of carbonyl (C=O) groups is 2. The standard InChI is InChI=1S/C18H38N2O6Si/c1-8-18(6,7)15(17(22)23)14(5)16(21)20-12-19-13-27(24-9-2,25-10-3)26-11-4/h14-15,19H,8-13H2,1-7H3,(H,20,21)(H,22,23). The summed E-state index contributed by atoms with van der Waals surface area (Å²) in [6.45, 7) is 14.6. The Morgan fingerprint density at radius 3 is 1.89 bits per heavy atom. The van der Waals surface area contributed by atoms with E-state index < -0.39 is 32.0 Å².